The van der Waals surface area contributed by atoms with Crippen molar-refractivity contribution in [3.8, 4) is 0 Å². The van der Waals surface area contributed by atoms with Gasteiger partial charge in [-0.15, -0.1) is 11.3 Å². The number of carbonyl (C=O) groups is 2. The number of hydrogen-bond donors (Lipinski definition) is 1. The van der Waals surface area contributed by atoms with Gasteiger partial charge in [-0.1, -0.05) is 39.8 Å². The monoisotopic (exact) mass is 405 g/mol. The highest BCUT2D eigenvalue weighted by atomic mass is 32.1. The van der Waals surface area contributed by atoms with E-state index in [4.69, 9.17) is 0 Å². The Labute approximate surface area is 170 Å². The molecular weight excluding hydrogens is 377 g/mol. The SMILES string of the molecule is CC(C)CNC(=O)c1csc(CN(CC(C)C)C(=O)Cc2ccc(F)cc2)n1. The van der Waals surface area contributed by atoms with E-state index in [1.54, 1.807) is 22.4 Å². The summed E-state index contributed by atoms with van der Waals surface area (Å²) in [5.41, 5.74) is 1.16. The van der Waals surface area contributed by atoms with Gasteiger partial charge < -0.3 is 10.2 Å². The van der Waals surface area contributed by atoms with Gasteiger partial charge in [0, 0.05) is 18.5 Å². The van der Waals surface area contributed by atoms with Crippen molar-refractivity contribution in [1.82, 2.24) is 15.2 Å². The molecule has 0 aliphatic heterocycles. The van der Waals surface area contributed by atoms with Crippen LogP contribution in [0, 0.1) is 17.7 Å². The third-order valence-corrected chi connectivity index (χ3v) is 4.82. The maximum Gasteiger partial charge on any atom is 0.270 e. The van der Waals surface area contributed by atoms with Crippen LogP contribution >= 0.6 is 11.3 Å². The number of rotatable bonds is 9. The molecule has 2 amide bonds. The van der Waals surface area contributed by atoms with Crippen LogP contribution in [0.2, 0.25) is 0 Å². The number of halogens is 1. The molecule has 0 fully saturated rings. The van der Waals surface area contributed by atoms with E-state index >= 15 is 0 Å². The molecule has 0 bridgehead atoms. The molecule has 5 nitrogen and oxygen atoms in total. The molecule has 2 aromatic rings. The lowest BCUT2D eigenvalue weighted by atomic mass is 10.1. The third kappa shape index (κ3) is 7.03. The molecule has 0 saturated carbocycles. The zero-order chi connectivity index (χ0) is 20.7. The number of aromatic nitrogens is 1. The summed E-state index contributed by atoms with van der Waals surface area (Å²) in [7, 11) is 0. The van der Waals surface area contributed by atoms with E-state index in [1.165, 1.54) is 23.5 Å². The standard InChI is InChI=1S/C21H28FN3O2S/c1-14(2)10-23-21(27)18-13-28-19(24-18)12-25(11-15(3)4)20(26)9-16-5-7-17(22)8-6-16/h5-8,13-15H,9-12H2,1-4H3,(H,23,27). The molecule has 7 heteroatoms. The van der Waals surface area contributed by atoms with Gasteiger partial charge in [0.25, 0.3) is 5.91 Å². The van der Waals surface area contributed by atoms with Crippen LogP contribution in [0.25, 0.3) is 0 Å². The van der Waals surface area contributed by atoms with E-state index < -0.39 is 0 Å². The van der Waals surface area contributed by atoms with Gasteiger partial charge in [-0.25, -0.2) is 9.37 Å². The summed E-state index contributed by atoms with van der Waals surface area (Å²) >= 11 is 1.38. The fraction of sp³-hybridized carbons (Fsp3) is 0.476. The van der Waals surface area contributed by atoms with Crippen molar-refractivity contribution in [2.24, 2.45) is 11.8 Å². The Kier molecular flexibility index (Phi) is 8.11. The van der Waals surface area contributed by atoms with Crippen LogP contribution in [0.5, 0.6) is 0 Å². The van der Waals surface area contributed by atoms with E-state index in [0.29, 0.717) is 37.2 Å². The van der Waals surface area contributed by atoms with Gasteiger partial charge >= 0.3 is 0 Å². The van der Waals surface area contributed by atoms with E-state index in [0.717, 1.165) is 10.6 Å². The Hall–Kier alpha value is -2.28. The first-order valence-electron chi connectivity index (χ1n) is 9.49. The molecule has 28 heavy (non-hydrogen) atoms. The van der Waals surface area contributed by atoms with Crippen LogP contribution in [-0.2, 0) is 17.8 Å². The average molecular weight is 406 g/mol. The Bertz CT molecular complexity index is 787. The summed E-state index contributed by atoms with van der Waals surface area (Å²) in [6.45, 7) is 9.71. The maximum absolute atomic E-state index is 13.1. The van der Waals surface area contributed by atoms with Crippen LogP contribution in [-0.4, -0.2) is 34.8 Å². The summed E-state index contributed by atoms with van der Waals surface area (Å²) in [5.74, 6) is 0.116. The van der Waals surface area contributed by atoms with Crippen LogP contribution in [0.1, 0.15) is 48.8 Å². The Morgan fingerprint density at radius 2 is 1.82 bits per heavy atom. The summed E-state index contributed by atoms with van der Waals surface area (Å²) in [6.07, 6.45) is 0.208. The highest BCUT2D eigenvalue weighted by Gasteiger charge is 2.19. The topological polar surface area (TPSA) is 62.3 Å². The molecule has 1 N–H and O–H groups in total. The molecule has 0 spiro atoms. The smallest absolute Gasteiger partial charge is 0.270 e. The maximum atomic E-state index is 13.1. The average Bonchev–Trinajstić information content (AvgIpc) is 3.09. The Balaban J connectivity index is 2.04. The largest absolute Gasteiger partial charge is 0.350 e. The van der Waals surface area contributed by atoms with Gasteiger partial charge in [0.05, 0.1) is 13.0 Å². The molecule has 2 rings (SSSR count). The number of nitrogens with one attached hydrogen (secondary N) is 1. The first kappa shape index (κ1) is 22.0. The number of carbonyl (C=O) groups excluding carboxylic acids is 2. The van der Waals surface area contributed by atoms with E-state index in [9.17, 15) is 14.0 Å². The van der Waals surface area contributed by atoms with Crippen molar-refractivity contribution >= 4 is 23.2 Å². The van der Waals surface area contributed by atoms with Crippen molar-refractivity contribution in [2.75, 3.05) is 13.1 Å². The van der Waals surface area contributed by atoms with E-state index in [1.807, 2.05) is 27.7 Å². The minimum absolute atomic E-state index is 0.0404. The lowest BCUT2D eigenvalue weighted by Gasteiger charge is -2.23. The minimum atomic E-state index is -0.318. The van der Waals surface area contributed by atoms with Crippen molar-refractivity contribution < 1.29 is 14.0 Å². The minimum Gasteiger partial charge on any atom is -0.350 e. The molecule has 0 saturated heterocycles. The number of amides is 2. The Morgan fingerprint density at radius 3 is 2.43 bits per heavy atom. The lowest BCUT2D eigenvalue weighted by Crippen LogP contribution is -2.35. The second-order valence-electron chi connectivity index (χ2n) is 7.70. The van der Waals surface area contributed by atoms with Gasteiger partial charge in [-0.3, -0.25) is 9.59 Å². The lowest BCUT2D eigenvalue weighted by molar-refractivity contribution is -0.131. The highest BCUT2D eigenvalue weighted by molar-refractivity contribution is 7.09. The summed E-state index contributed by atoms with van der Waals surface area (Å²) < 4.78 is 13.1. The highest BCUT2D eigenvalue weighted by Crippen LogP contribution is 2.15. The number of benzene rings is 1. The number of nitrogens with zero attached hydrogens (tertiary/aromatic N) is 2. The van der Waals surface area contributed by atoms with Crippen LogP contribution in [0.15, 0.2) is 29.6 Å². The molecule has 0 aliphatic rings. The fourth-order valence-corrected chi connectivity index (χ4v) is 3.41. The molecule has 0 unspecified atom stereocenters. The molecule has 0 aliphatic carbocycles. The summed E-state index contributed by atoms with van der Waals surface area (Å²) in [5, 5.41) is 5.30. The quantitative estimate of drug-likeness (QED) is 0.688. The number of hydrogen-bond acceptors (Lipinski definition) is 4. The molecular formula is C21H28FN3O2S. The first-order chi connectivity index (χ1) is 13.2. The van der Waals surface area contributed by atoms with Crippen molar-refractivity contribution in [3.63, 3.8) is 0 Å². The van der Waals surface area contributed by atoms with Gasteiger partial charge in [0.2, 0.25) is 5.91 Å². The predicted molar refractivity (Wildman–Crippen MR) is 110 cm³/mol. The van der Waals surface area contributed by atoms with Gasteiger partial charge in [-0.2, -0.15) is 0 Å². The third-order valence-electron chi connectivity index (χ3n) is 3.99. The fourth-order valence-electron chi connectivity index (χ4n) is 2.62. The van der Waals surface area contributed by atoms with Crippen molar-refractivity contribution in [2.45, 2.75) is 40.7 Å². The molecule has 1 aromatic carbocycles. The summed E-state index contributed by atoms with van der Waals surface area (Å²) in [4.78, 5) is 31.1. The molecule has 152 valence electrons. The van der Waals surface area contributed by atoms with Crippen LogP contribution < -0.4 is 5.32 Å². The predicted octanol–water partition coefficient (Wildman–Crippen LogP) is 3.90. The Morgan fingerprint density at radius 1 is 1.14 bits per heavy atom. The number of thiazole rings is 1. The zero-order valence-electron chi connectivity index (χ0n) is 16.9. The molecule has 0 atom stereocenters. The normalized spacial score (nSPS) is 11.1. The van der Waals surface area contributed by atoms with Gasteiger partial charge in [-0.05, 0) is 29.5 Å². The van der Waals surface area contributed by atoms with Gasteiger partial charge in [0.15, 0.2) is 0 Å². The van der Waals surface area contributed by atoms with E-state index in [-0.39, 0.29) is 24.1 Å². The van der Waals surface area contributed by atoms with Crippen molar-refractivity contribution in [3.05, 3.63) is 51.7 Å². The van der Waals surface area contributed by atoms with Crippen molar-refractivity contribution in [1.29, 1.82) is 0 Å². The van der Waals surface area contributed by atoms with E-state index in [2.05, 4.69) is 10.3 Å². The zero-order valence-corrected chi connectivity index (χ0v) is 17.7. The second kappa shape index (κ2) is 10.3. The van der Waals surface area contributed by atoms with Crippen LogP contribution in [0.3, 0.4) is 0 Å². The van der Waals surface area contributed by atoms with Crippen LogP contribution in [0.4, 0.5) is 4.39 Å². The molecule has 0 radical (unpaired) electrons. The molecule has 1 heterocycles. The first-order valence-corrected chi connectivity index (χ1v) is 10.4. The molecule has 1 aromatic heterocycles. The second-order valence-corrected chi connectivity index (χ2v) is 8.64. The summed E-state index contributed by atoms with van der Waals surface area (Å²) in [6, 6.07) is 5.97. The van der Waals surface area contributed by atoms with Gasteiger partial charge in [0.1, 0.15) is 16.5 Å².